The normalized spacial score (nSPS) is 11.8. The van der Waals surface area contributed by atoms with E-state index >= 15 is 0 Å². The van der Waals surface area contributed by atoms with Crippen LogP contribution in [0.3, 0.4) is 0 Å². The minimum absolute atomic E-state index is 0.154. The highest BCUT2D eigenvalue weighted by atomic mass is 32.2. The monoisotopic (exact) mass is 377 g/mol. The number of carbonyl (C=O) groups excluding carboxylic acids is 1. The standard InChI is InChI=1S/C19H27N3O3S/c1-14-7-10-18(22-15(2)8-9-16(22)3)17(13-14)19(23)20-11-6-12-21(4)26(5,24)25/h7-10,13H,6,11-12H2,1-5H3,(H,20,23). The first kappa shape index (κ1) is 20.2. The number of aryl methyl sites for hydroxylation is 3. The minimum Gasteiger partial charge on any atom is -0.352 e. The molecule has 7 heteroatoms. The van der Waals surface area contributed by atoms with Crippen LogP contribution in [0.5, 0.6) is 0 Å². The molecule has 0 atom stereocenters. The quantitative estimate of drug-likeness (QED) is 0.753. The fraction of sp³-hybridized carbons (Fsp3) is 0.421. The summed E-state index contributed by atoms with van der Waals surface area (Å²) in [5, 5.41) is 2.90. The average Bonchev–Trinajstić information content (AvgIpc) is 2.89. The van der Waals surface area contributed by atoms with E-state index in [0.717, 1.165) is 22.6 Å². The zero-order valence-electron chi connectivity index (χ0n) is 16.0. The Morgan fingerprint density at radius 3 is 2.31 bits per heavy atom. The molecule has 0 aliphatic rings. The summed E-state index contributed by atoms with van der Waals surface area (Å²) in [4.78, 5) is 12.7. The van der Waals surface area contributed by atoms with Crippen LogP contribution in [0.4, 0.5) is 0 Å². The van der Waals surface area contributed by atoms with E-state index < -0.39 is 10.0 Å². The van der Waals surface area contributed by atoms with Crippen molar-refractivity contribution < 1.29 is 13.2 Å². The zero-order valence-corrected chi connectivity index (χ0v) is 16.9. The van der Waals surface area contributed by atoms with E-state index in [9.17, 15) is 13.2 Å². The zero-order chi connectivity index (χ0) is 19.5. The van der Waals surface area contributed by atoms with Gasteiger partial charge in [0.15, 0.2) is 0 Å². The van der Waals surface area contributed by atoms with Crippen molar-refractivity contribution >= 4 is 15.9 Å². The van der Waals surface area contributed by atoms with Gasteiger partial charge in [-0.25, -0.2) is 12.7 Å². The third-order valence-corrected chi connectivity index (χ3v) is 5.73. The van der Waals surface area contributed by atoms with Crippen molar-refractivity contribution in [1.82, 2.24) is 14.2 Å². The van der Waals surface area contributed by atoms with Gasteiger partial charge in [-0.1, -0.05) is 11.6 Å². The number of hydrogen-bond acceptors (Lipinski definition) is 3. The SMILES string of the molecule is Cc1ccc(-n2c(C)ccc2C)c(C(=O)NCCCN(C)S(C)(=O)=O)c1. The molecule has 26 heavy (non-hydrogen) atoms. The molecule has 0 radical (unpaired) electrons. The summed E-state index contributed by atoms with van der Waals surface area (Å²) >= 11 is 0. The highest BCUT2D eigenvalue weighted by Gasteiger charge is 2.16. The van der Waals surface area contributed by atoms with Gasteiger partial charge in [-0.15, -0.1) is 0 Å². The third kappa shape index (κ3) is 4.74. The van der Waals surface area contributed by atoms with Crippen LogP contribution in [0.25, 0.3) is 5.69 Å². The van der Waals surface area contributed by atoms with Crippen molar-refractivity contribution in [2.75, 3.05) is 26.4 Å². The lowest BCUT2D eigenvalue weighted by atomic mass is 10.1. The van der Waals surface area contributed by atoms with Crippen LogP contribution < -0.4 is 5.32 Å². The number of sulfonamides is 1. The molecule has 0 aliphatic heterocycles. The fourth-order valence-corrected chi connectivity index (χ4v) is 3.30. The molecule has 6 nitrogen and oxygen atoms in total. The van der Waals surface area contributed by atoms with Crippen LogP contribution in [0, 0.1) is 20.8 Å². The molecule has 2 aromatic rings. The van der Waals surface area contributed by atoms with Gasteiger partial charge in [0.05, 0.1) is 17.5 Å². The van der Waals surface area contributed by atoms with Crippen molar-refractivity contribution in [2.45, 2.75) is 27.2 Å². The summed E-state index contributed by atoms with van der Waals surface area (Å²) in [5.74, 6) is -0.154. The van der Waals surface area contributed by atoms with Crippen molar-refractivity contribution in [3.8, 4) is 5.69 Å². The summed E-state index contributed by atoms with van der Waals surface area (Å²) in [7, 11) is -1.65. The van der Waals surface area contributed by atoms with Crippen molar-refractivity contribution in [2.24, 2.45) is 0 Å². The van der Waals surface area contributed by atoms with E-state index in [4.69, 9.17) is 0 Å². The molecule has 0 saturated heterocycles. The molecule has 0 aliphatic carbocycles. The third-order valence-electron chi connectivity index (χ3n) is 4.41. The Balaban J connectivity index is 2.13. The van der Waals surface area contributed by atoms with E-state index in [1.807, 2.05) is 51.1 Å². The molecule has 1 amide bonds. The molecular formula is C19H27N3O3S. The Labute approximate surface area is 155 Å². The maximum atomic E-state index is 12.7. The number of carbonyl (C=O) groups is 1. The van der Waals surface area contributed by atoms with E-state index in [0.29, 0.717) is 25.1 Å². The van der Waals surface area contributed by atoms with Crippen LogP contribution in [-0.4, -0.2) is 49.6 Å². The summed E-state index contributed by atoms with van der Waals surface area (Å²) in [6.07, 6.45) is 1.73. The van der Waals surface area contributed by atoms with Crippen LogP contribution in [-0.2, 0) is 10.0 Å². The summed E-state index contributed by atoms with van der Waals surface area (Å²) in [6, 6.07) is 9.88. The van der Waals surface area contributed by atoms with E-state index in [-0.39, 0.29) is 5.91 Å². The van der Waals surface area contributed by atoms with Gasteiger partial charge in [0.1, 0.15) is 0 Å². The summed E-state index contributed by atoms with van der Waals surface area (Å²) < 4.78 is 26.1. The number of hydrogen-bond donors (Lipinski definition) is 1. The van der Waals surface area contributed by atoms with Gasteiger partial charge in [0, 0.05) is 31.5 Å². The van der Waals surface area contributed by atoms with Gasteiger partial charge in [-0.05, 0) is 51.5 Å². The molecule has 142 valence electrons. The second kappa shape index (κ2) is 8.05. The Kier molecular flexibility index (Phi) is 6.26. The van der Waals surface area contributed by atoms with Gasteiger partial charge in [-0.2, -0.15) is 0 Å². The van der Waals surface area contributed by atoms with Crippen LogP contribution >= 0.6 is 0 Å². The number of amides is 1. The highest BCUT2D eigenvalue weighted by Crippen LogP contribution is 2.21. The topological polar surface area (TPSA) is 71.4 Å². The van der Waals surface area contributed by atoms with Gasteiger partial charge in [-0.3, -0.25) is 4.79 Å². The largest absolute Gasteiger partial charge is 0.352 e. The molecule has 1 N–H and O–H groups in total. The molecule has 0 spiro atoms. The second-order valence-electron chi connectivity index (χ2n) is 6.67. The first-order valence-corrected chi connectivity index (χ1v) is 10.4. The lowest BCUT2D eigenvalue weighted by Crippen LogP contribution is -2.31. The predicted molar refractivity (Wildman–Crippen MR) is 104 cm³/mol. The minimum atomic E-state index is -3.19. The average molecular weight is 378 g/mol. The predicted octanol–water partition coefficient (Wildman–Crippen LogP) is 2.41. The molecule has 1 heterocycles. The summed E-state index contributed by atoms with van der Waals surface area (Å²) in [5.41, 5.74) is 4.61. The number of nitrogens with one attached hydrogen (secondary N) is 1. The van der Waals surface area contributed by atoms with Crippen LogP contribution in [0.2, 0.25) is 0 Å². The Morgan fingerprint density at radius 1 is 1.12 bits per heavy atom. The first-order valence-electron chi connectivity index (χ1n) is 8.56. The molecule has 0 fully saturated rings. The number of aromatic nitrogens is 1. The molecule has 0 bridgehead atoms. The number of rotatable bonds is 7. The van der Waals surface area contributed by atoms with E-state index in [1.54, 1.807) is 0 Å². The second-order valence-corrected chi connectivity index (χ2v) is 8.76. The van der Waals surface area contributed by atoms with Crippen molar-refractivity contribution in [3.05, 3.63) is 52.8 Å². The molecule has 0 unspecified atom stereocenters. The molecular weight excluding hydrogens is 350 g/mol. The van der Waals surface area contributed by atoms with E-state index in [2.05, 4.69) is 9.88 Å². The van der Waals surface area contributed by atoms with Crippen molar-refractivity contribution in [1.29, 1.82) is 0 Å². The summed E-state index contributed by atoms with van der Waals surface area (Å²) in [6.45, 7) is 6.76. The van der Waals surface area contributed by atoms with Gasteiger partial charge in [0.2, 0.25) is 10.0 Å². The maximum absolute atomic E-state index is 12.7. The van der Waals surface area contributed by atoms with Crippen LogP contribution in [0.15, 0.2) is 30.3 Å². The lowest BCUT2D eigenvalue weighted by Gasteiger charge is -2.16. The van der Waals surface area contributed by atoms with Gasteiger partial charge in [0.25, 0.3) is 5.91 Å². The van der Waals surface area contributed by atoms with Crippen LogP contribution in [0.1, 0.15) is 33.7 Å². The Morgan fingerprint density at radius 2 is 1.73 bits per heavy atom. The fourth-order valence-electron chi connectivity index (χ4n) is 2.84. The maximum Gasteiger partial charge on any atom is 0.253 e. The smallest absolute Gasteiger partial charge is 0.253 e. The first-order chi connectivity index (χ1) is 12.1. The molecule has 0 saturated carbocycles. The Bertz CT molecular complexity index is 881. The number of nitrogens with zero attached hydrogens (tertiary/aromatic N) is 2. The lowest BCUT2D eigenvalue weighted by molar-refractivity contribution is 0.0953. The van der Waals surface area contributed by atoms with Gasteiger partial charge < -0.3 is 9.88 Å². The highest BCUT2D eigenvalue weighted by molar-refractivity contribution is 7.88. The van der Waals surface area contributed by atoms with E-state index in [1.165, 1.54) is 17.6 Å². The van der Waals surface area contributed by atoms with Crippen molar-refractivity contribution in [3.63, 3.8) is 0 Å². The molecule has 1 aromatic heterocycles. The van der Waals surface area contributed by atoms with Gasteiger partial charge >= 0.3 is 0 Å². The number of benzene rings is 1. The Hall–Kier alpha value is -2.12. The molecule has 1 aromatic carbocycles. The molecule has 2 rings (SSSR count).